The summed E-state index contributed by atoms with van der Waals surface area (Å²) in [5.74, 6) is 0.782. The molecule has 0 radical (unpaired) electrons. The van der Waals surface area contributed by atoms with Crippen LogP contribution >= 0.6 is 0 Å². The number of hydrogen-bond acceptors (Lipinski definition) is 1. The fourth-order valence-electron chi connectivity index (χ4n) is 2.06. The lowest BCUT2D eigenvalue weighted by Gasteiger charge is -2.31. The van der Waals surface area contributed by atoms with Gasteiger partial charge < -0.3 is 4.74 Å². The summed E-state index contributed by atoms with van der Waals surface area (Å²) in [6, 6.07) is 0. The third kappa shape index (κ3) is 1.76. The maximum Gasteiger partial charge on any atom is 0.0525 e. The van der Waals surface area contributed by atoms with Crippen molar-refractivity contribution >= 4 is 0 Å². The van der Waals surface area contributed by atoms with Crippen LogP contribution in [0.1, 0.15) is 40.0 Å². The van der Waals surface area contributed by atoms with E-state index in [1.807, 2.05) is 0 Å². The monoisotopic (exact) mass is 156 g/mol. The van der Waals surface area contributed by atoms with E-state index in [1.54, 1.807) is 0 Å². The van der Waals surface area contributed by atoms with Crippen molar-refractivity contribution in [1.82, 2.24) is 0 Å². The molecule has 0 aromatic heterocycles. The van der Waals surface area contributed by atoms with E-state index in [1.165, 1.54) is 19.3 Å². The average molecular weight is 156 g/mol. The minimum absolute atomic E-state index is 0.523. The molecule has 0 aromatic carbocycles. The van der Waals surface area contributed by atoms with E-state index in [4.69, 9.17) is 4.74 Å². The molecule has 11 heavy (non-hydrogen) atoms. The summed E-state index contributed by atoms with van der Waals surface area (Å²) in [5.41, 5.74) is 0.523. The first-order valence-corrected chi connectivity index (χ1v) is 4.79. The van der Waals surface area contributed by atoms with E-state index < -0.39 is 0 Å². The Labute approximate surface area is 70.1 Å². The first-order chi connectivity index (χ1) is 5.21. The van der Waals surface area contributed by atoms with E-state index in [0.29, 0.717) is 5.41 Å². The molecule has 0 amide bonds. The molecule has 1 saturated heterocycles. The molecular formula is C10H20O. The lowest BCUT2D eigenvalue weighted by atomic mass is 9.73. The lowest BCUT2D eigenvalue weighted by molar-refractivity contribution is 0.111. The van der Waals surface area contributed by atoms with Gasteiger partial charge in [0, 0.05) is 6.61 Å². The Morgan fingerprint density at radius 1 is 1.45 bits per heavy atom. The predicted octanol–water partition coefficient (Wildman–Crippen LogP) is 2.85. The molecule has 0 aromatic rings. The van der Waals surface area contributed by atoms with Crippen molar-refractivity contribution < 1.29 is 4.74 Å². The number of hydrogen-bond donors (Lipinski definition) is 0. The van der Waals surface area contributed by atoms with Gasteiger partial charge in [0.2, 0.25) is 0 Å². The van der Waals surface area contributed by atoms with Gasteiger partial charge in [-0.2, -0.15) is 0 Å². The molecule has 1 heteroatoms. The predicted molar refractivity (Wildman–Crippen MR) is 47.6 cm³/mol. The Bertz CT molecular complexity index is 112. The van der Waals surface area contributed by atoms with Crippen molar-refractivity contribution in [3.05, 3.63) is 0 Å². The SMILES string of the molecule is CCCC1(C(C)C)CCOC1. The summed E-state index contributed by atoms with van der Waals surface area (Å²) >= 11 is 0. The van der Waals surface area contributed by atoms with E-state index in [9.17, 15) is 0 Å². The van der Waals surface area contributed by atoms with E-state index in [2.05, 4.69) is 20.8 Å². The normalized spacial score (nSPS) is 31.6. The molecule has 1 aliphatic heterocycles. The molecule has 0 bridgehead atoms. The highest BCUT2D eigenvalue weighted by atomic mass is 16.5. The second-order valence-corrected chi connectivity index (χ2v) is 4.07. The van der Waals surface area contributed by atoms with Crippen molar-refractivity contribution in [3.8, 4) is 0 Å². The molecule has 1 heterocycles. The van der Waals surface area contributed by atoms with Crippen LogP contribution in [0, 0.1) is 11.3 Å². The smallest absolute Gasteiger partial charge is 0.0525 e. The van der Waals surface area contributed by atoms with Gasteiger partial charge in [0.25, 0.3) is 0 Å². The van der Waals surface area contributed by atoms with E-state index >= 15 is 0 Å². The van der Waals surface area contributed by atoms with Crippen LogP contribution in [0.4, 0.5) is 0 Å². The maximum absolute atomic E-state index is 5.47. The minimum atomic E-state index is 0.523. The zero-order valence-electron chi connectivity index (χ0n) is 8.02. The number of ether oxygens (including phenoxy) is 1. The van der Waals surface area contributed by atoms with E-state index in [0.717, 1.165) is 19.1 Å². The van der Waals surface area contributed by atoms with Gasteiger partial charge in [0.1, 0.15) is 0 Å². The van der Waals surface area contributed by atoms with Crippen LogP contribution in [0.3, 0.4) is 0 Å². The van der Waals surface area contributed by atoms with Crippen LogP contribution in [-0.4, -0.2) is 13.2 Å². The first-order valence-electron chi connectivity index (χ1n) is 4.79. The Kier molecular flexibility index (Phi) is 2.94. The Morgan fingerprint density at radius 2 is 2.18 bits per heavy atom. The molecule has 0 spiro atoms. The summed E-state index contributed by atoms with van der Waals surface area (Å²) in [7, 11) is 0. The van der Waals surface area contributed by atoms with Crippen molar-refractivity contribution in [1.29, 1.82) is 0 Å². The van der Waals surface area contributed by atoms with Gasteiger partial charge in [-0.05, 0) is 24.2 Å². The Morgan fingerprint density at radius 3 is 2.55 bits per heavy atom. The molecule has 0 aliphatic carbocycles. The maximum atomic E-state index is 5.47. The molecule has 1 atom stereocenters. The van der Waals surface area contributed by atoms with Crippen LogP contribution in [-0.2, 0) is 4.74 Å². The molecule has 1 fully saturated rings. The molecule has 1 nitrogen and oxygen atoms in total. The van der Waals surface area contributed by atoms with Gasteiger partial charge in [-0.1, -0.05) is 27.2 Å². The van der Waals surface area contributed by atoms with Crippen LogP contribution < -0.4 is 0 Å². The fraction of sp³-hybridized carbons (Fsp3) is 1.00. The summed E-state index contributed by atoms with van der Waals surface area (Å²) in [4.78, 5) is 0. The van der Waals surface area contributed by atoms with Gasteiger partial charge in [-0.15, -0.1) is 0 Å². The van der Waals surface area contributed by atoms with Crippen LogP contribution in [0.15, 0.2) is 0 Å². The van der Waals surface area contributed by atoms with Crippen molar-refractivity contribution in [3.63, 3.8) is 0 Å². The van der Waals surface area contributed by atoms with Crippen LogP contribution in [0.5, 0.6) is 0 Å². The minimum Gasteiger partial charge on any atom is -0.381 e. The Hall–Kier alpha value is -0.0400. The molecule has 66 valence electrons. The molecular weight excluding hydrogens is 136 g/mol. The second kappa shape index (κ2) is 3.57. The summed E-state index contributed by atoms with van der Waals surface area (Å²) in [5, 5.41) is 0. The number of rotatable bonds is 3. The lowest BCUT2D eigenvalue weighted by Crippen LogP contribution is -2.27. The van der Waals surface area contributed by atoms with Crippen LogP contribution in [0.2, 0.25) is 0 Å². The van der Waals surface area contributed by atoms with Gasteiger partial charge in [0.15, 0.2) is 0 Å². The highest BCUT2D eigenvalue weighted by Crippen LogP contribution is 2.40. The molecule has 1 unspecified atom stereocenters. The zero-order valence-corrected chi connectivity index (χ0v) is 8.02. The van der Waals surface area contributed by atoms with Crippen molar-refractivity contribution in [2.75, 3.05) is 13.2 Å². The molecule has 0 saturated carbocycles. The highest BCUT2D eigenvalue weighted by Gasteiger charge is 2.36. The topological polar surface area (TPSA) is 9.23 Å². The standard InChI is InChI=1S/C10H20O/c1-4-5-10(9(2)3)6-7-11-8-10/h9H,4-8H2,1-3H3. The largest absolute Gasteiger partial charge is 0.381 e. The Balaban J connectivity index is 2.55. The third-order valence-corrected chi connectivity index (χ3v) is 3.11. The molecule has 1 aliphatic rings. The summed E-state index contributed by atoms with van der Waals surface area (Å²) < 4.78 is 5.47. The molecule has 0 N–H and O–H groups in total. The summed E-state index contributed by atoms with van der Waals surface area (Å²) in [6.07, 6.45) is 3.91. The second-order valence-electron chi connectivity index (χ2n) is 4.07. The van der Waals surface area contributed by atoms with Crippen molar-refractivity contribution in [2.24, 2.45) is 11.3 Å². The van der Waals surface area contributed by atoms with Gasteiger partial charge in [-0.3, -0.25) is 0 Å². The zero-order chi connectivity index (χ0) is 8.32. The van der Waals surface area contributed by atoms with Gasteiger partial charge in [0.05, 0.1) is 6.61 Å². The molecule has 1 rings (SSSR count). The van der Waals surface area contributed by atoms with E-state index in [-0.39, 0.29) is 0 Å². The van der Waals surface area contributed by atoms with Gasteiger partial charge >= 0.3 is 0 Å². The van der Waals surface area contributed by atoms with Crippen LogP contribution in [0.25, 0.3) is 0 Å². The quantitative estimate of drug-likeness (QED) is 0.610. The summed E-state index contributed by atoms with van der Waals surface area (Å²) in [6.45, 7) is 8.90. The highest BCUT2D eigenvalue weighted by molar-refractivity contribution is 4.85. The first kappa shape index (κ1) is 9.05. The average Bonchev–Trinajstić information content (AvgIpc) is 2.38. The fourth-order valence-corrected chi connectivity index (χ4v) is 2.06. The third-order valence-electron chi connectivity index (χ3n) is 3.11. The van der Waals surface area contributed by atoms with Crippen molar-refractivity contribution in [2.45, 2.75) is 40.0 Å². The van der Waals surface area contributed by atoms with Gasteiger partial charge in [-0.25, -0.2) is 0 Å².